The fraction of sp³-hybridized carbons (Fsp3) is 0.316. The minimum absolute atomic E-state index is 0.302. The maximum atomic E-state index is 12.2. The van der Waals surface area contributed by atoms with E-state index in [1.54, 1.807) is 20.5 Å². The first-order chi connectivity index (χ1) is 12.2. The number of ether oxygens (including phenoxy) is 2. The Morgan fingerprint density at radius 1 is 1.12 bits per heavy atom. The lowest BCUT2D eigenvalue weighted by Gasteiger charge is -2.11. The fourth-order valence-electron chi connectivity index (χ4n) is 2.97. The Morgan fingerprint density at radius 3 is 2.64 bits per heavy atom. The maximum absolute atomic E-state index is 12.2. The molecule has 0 bridgehead atoms. The Kier molecular flexibility index (Phi) is 3.87. The van der Waals surface area contributed by atoms with E-state index < -0.39 is 0 Å². The van der Waals surface area contributed by atoms with Gasteiger partial charge in [-0.2, -0.15) is 4.98 Å². The summed E-state index contributed by atoms with van der Waals surface area (Å²) >= 11 is 0. The van der Waals surface area contributed by atoms with Crippen molar-refractivity contribution >= 4 is 11.0 Å². The first kappa shape index (κ1) is 15.6. The molecule has 6 nitrogen and oxygen atoms in total. The van der Waals surface area contributed by atoms with Gasteiger partial charge in [0.1, 0.15) is 0 Å². The van der Waals surface area contributed by atoms with Gasteiger partial charge in [-0.3, -0.25) is 4.79 Å². The fourth-order valence-corrected chi connectivity index (χ4v) is 2.97. The number of hydrogen-bond acceptors (Lipinski definition) is 5. The number of hydrogen-bond donors (Lipinski definition) is 0. The lowest BCUT2D eigenvalue weighted by molar-refractivity contribution is 0.355. The maximum Gasteiger partial charge on any atom is 0.299 e. The Hall–Kier alpha value is -2.89. The Bertz CT molecular complexity index is 993. The van der Waals surface area contributed by atoms with Crippen LogP contribution in [0, 0.1) is 5.92 Å². The van der Waals surface area contributed by atoms with Crippen LogP contribution in [0.4, 0.5) is 0 Å². The van der Waals surface area contributed by atoms with E-state index in [-0.39, 0.29) is 5.56 Å². The van der Waals surface area contributed by atoms with Gasteiger partial charge < -0.3 is 14.0 Å². The minimum atomic E-state index is -0.302. The van der Waals surface area contributed by atoms with Crippen molar-refractivity contribution in [3.63, 3.8) is 0 Å². The second-order valence-electron chi connectivity index (χ2n) is 6.28. The first-order valence-corrected chi connectivity index (χ1v) is 8.28. The number of rotatable bonds is 5. The molecule has 128 valence electrons. The third-order valence-corrected chi connectivity index (χ3v) is 4.53. The second kappa shape index (κ2) is 6.20. The normalized spacial score (nSPS) is 13.8. The lowest BCUT2D eigenvalue weighted by atomic mass is 10.1. The number of nitrogens with zero attached hydrogens (tertiary/aromatic N) is 3. The van der Waals surface area contributed by atoms with Crippen molar-refractivity contribution in [1.29, 1.82) is 0 Å². The van der Waals surface area contributed by atoms with Gasteiger partial charge in [0.15, 0.2) is 17.0 Å². The Labute approximate surface area is 145 Å². The van der Waals surface area contributed by atoms with E-state index in [1.807, 2.05) is 34.9 Å². The molecule has 0 saturated heterocycles. The molecule has 0 N–H and O–H groups in total. The molecule has 0 spiro atoms. The largest absolute Gasteiger partial charge is 0.493 e. The van der Waals surface area contributed by atoms with Gasteiger partial charge in [0.25, 0.3) is 5.56 Å². The Morgan fingerprint density at radius 2 is 1.92 bits per heavy atom. The molecule has 1 aromatic carbocycles. The number of methoxy groups -OCH3 is 2. The van der Waals surface area contributed by atoms with Crippen LogP contribution in [-0.4, -0.2) is 28.8 Å². The van der Waals surface area contributed by atoms with Gasteiger partial charge in [-0.15, -0.1) is 0 Å². The minimum Gasteiger partial charge on any atom is -0.493 e. The van der Waals surface area contributed by atoms with Gasteiger partial charge in [0, 0.05) is 12.1 Å². The molecule has 25 heavy (non-hydrogen) atoms. The van der Waals surface area contributed by atoms with E-state index in [1.165, 1.54) is 12.8 Å². The molecule has 4 rings (SSSR count). The summed E-state index contributed by atoms with van der Waals surface area (Å²) in [4.78, 5) is 20.8. The van der Waals surface area contributed by atoms with Gasteiger partial charge in [0.2, 0.25) is 0 Å². The molecule has 1 saturated carbocycles. The quantitative estimate of drug-likeness (QED) is 0.716. The van der Waals surface area contributed by atoms with Crippen LogP contribution in [0.2, 0.25) is 0 Å². The van der Waals surface area contributed by atoms with Crippen molar-refractivity contribution in [1.82, 2.24) is 14.5 Å². The molecular formula is C19H19N3O3. The highest BCUT2D eigenvalue weighted by molar-refractivity contribution is 5.78. The molecular weight excluding hydrogens is 318 g/mol. The van der Waals surface area contributed by atoms with Crippen molar-refractivity contribution in [2.75, 3.05) is 14.2 Å². The highest BCUT2D eigenvalue weighted by Gasteiger charge is 2.22. The van der Waals surface area contributed by atoms with Crippen LogP contribution in [0.3, 0.4) is 0 Å². The van der Waals surface area contributed by atoms with Crippen LogP contribution in [0.15, 0.2) is 41.5 Å². The zero-order valence-corrected chi connectivity index (χ0v) is 14.2. The molecule has 6 heteroatoms. The van der Waals surface area contributed by atoms with E-state index in [9.17, 15) is 4.79 Å². The van der Waals surface area contributed by atoms with E-state index in [2.05, 4.69) is 9.97 Å². The third kappa shape index (κ3) is 2.95. The van der Waals surface area contributed by atoms with Crippen molar-refractivity contribution < 1.29 is 9.47 Å². The summed E-state index contributed by atoms with van der Waals surface area (Å²) in [6.07, 6.45) is 4.11. The third-order valence-electron chi connectivity index (χ3n) is 4.53. The number of fused-ring (bicyclic) bond motifs is 1. The number of benzene rings is 1. The van der Waals surface area contributed by atoms with Gasteiger partial charge in [-0.1, -0.05) is 0 Å². The van der Waals surface area contributed by atoms with Gasteiger partial charge >= 0.3 is 0 Å². The Balaban J connectivity index is 1.81. The van der Waals surface area contributed by atoms with Crippen molar-refractivity contribution in [3.8, 4) is 22.8 Å². The molecule has 2 heterocycles. The van der Waals surface area contributed by atoms with Gasteiger partial charge in [-0.25, -0.2) is 4.98 Å². The van der Waals surface area contributed by atoms with Crippen LogP contribution in [0.5, 0.6) is 11.5 Å². The summed E-state index contributed by atoms with van der Waals surface area (Å²) in [6.45, 7) is 0.890. The van der Waals surface area contributed by atoms with Crippen molar-refractivity contribution in [3.05, 3.63) is 47.0 Å². The van der Waals surface area contributed by atoms with Crippen LogP contribution in [-0.2, 0) is 6.54 Å². The van der Waals surface area contributed by atoms with E-state index >= 15 is 0 Å². The average molecular weight is 337 g/mol. The summed E-state index contributed by atoms with van der Waals surface area (Å²) in [5.74, 6) is 1.97. The molecule has 0 amide bonds. The molecule has 1 aliphatic carbocycles. The SMILES string of the molecule is COc1ccc(-c2ccc3c(n2)c(=O)ncn3CC2CC2)cc1OC. The lowest BCUT2D eigenvalue weighted by Crippen LogP contribution is -2.14. The summed E-state index contributed by atoms with van der Waals surface area (Å²) in [5.41, 5.74) is 2.49. The van der Waals surface area contributed by atoms with Crippen molar-refractivity contribution in [2.24, 2.45) is 5.92 Å². The summed E-state index contributed by atoms with van der Waals surface area (Å²) in [6, 6.07) is 9.45. The predicted octanol–water partition coefficient (Wildman–Crippen LogP) is 2.89. The van der Waals surface area contributed by atoms with Crippen molar-refractivity contribution in [2.45, 2.75) is 19.4 Å². The van der Waals surface area contributed by atoms with Crippen LogP contribution in [0.25, 0.3) is 22.3 Å². The number of aromatic nitrogens is 3. The standard InChI is InChI=1S/C19H19N3O3/c1-24-16-8-5-13(9-17(16)25-2)14-6-7-15-18(21-14)19(23)20-11-22(15)10-12-3-4-12/h5-9,11-12H,3-4,10H2,1-2H3. The molecule has 0 aliphatic heterocycles. The monoisotopic (exact) mass is 337 g/mol. The molecule has 0 atom stereocenters. The highest BCUT2D eigenvalue weighted by atomic mass is 16.5. The smallest absolute Gasteiger partial charge is 0.299 e. The topological polar surface area (TPSA) is 66.2 Å². The van der Waals surface area contributed by atoms with Crippen LogP contribution >= 0.6 is 0 Å². The summed E-state index contributed by atoms with van der Waals surface area (Å²) in [5, 5.41) is 0. The molecule has 2 aromatic heterocycles. The summed E-state index contributed by atoms with van der Waals surface area (Å²) in [7, 11) is 3.19. The molecule has 0 unspecified atom stereocenters. The van der Waals surface area contributed by atoms with E-state index in [0.717, 1.165) is 17.6 Å². The zero-order chi connectivity index (χ0) is 17.4. The second-order valence-corrected chi connectivity index (χ2v) is 6.28. The van der Waals surface area contributed by atoms with Crippen LogP contribution in [0.1, 0.15) is 12.8 Å². The first-order valence-electron chi connectivity index (χ1n) is 8.28. The predicted molar refractivity (Wildman–Crippen MR) is 95.1 cm³/mol. The van der Waals surface area contributed by atoms with Crippen LogP contribution < -0.4 is 15.0 Å². The highest BCUT2D eigenvalue weighted by Crippen LogP contribution is 2.33. The zero-order valence-electron chi connectivity index (χ0n) is 14.2. The van der Waals surface area contributed by atoms with E-state index in [4.69, 9.17) is 9.47 Å². The average Bonchev–Trinajstić information content (AvgIpc) is 3.47. The molecule has 1 fully saturated rings. The van der Waals surface area contributed by atoms with Gasteiger partial charge in [0.05, 0.1) is 31.8 Å². The van der Waals surface area contributed by atoms with E-state index in [0.29, 0.717) is 28.6 Å². The summed E-state index contributed by atoms with van der Waals surface area (Å²) < 4.78 is 12.6. The molecule has 0 radical (unpaired) electrons. The number of pyridine rings is 1. The molecule has 3 aromatic rings. The van der Waals surface area contributed by atoms with Gasteiger partial charge in [-0.05, 0) is 49.1 Å². The molecule has 1 aliphatic rings.